The molecule has 0 fully saturated rings. The maximum atomic E-state index is 2.41. The van der Waals surface area contributed by atoms with Crippen LogP contribution in [0.4, 0.5) is 0 Å². The van der Waals surface area contributed by atoms with Crippen molar-refractivity contribution in [3.05, 3.63) is 0 Å². The molecule has 0 saturated carbocycles. The van der Waals surface area contributed by atoms with E-state index in [4.69, 9.17) is 0 Å². The van der Waals surface area contributed by atoms with E-state index in [-0.39, 0.29) is 0 Å². The molecule has 0 aliphatic carbocycles. The molecule has 0 spiro atoms. The number of hydrogen-bond donors (Lipinski definition) is 0. The molecular weight excluding hydrogens is 240 g/mol. The number of hydrogen-bond acceptors (Lipinski definition) is 1. The molecule has 0 radical (unpaired) electrons. The van der Waals surface area contributed by atoms with Crippen LogP contribution in [0.5, 0.6) is 0 Å². The van der Waals surface area contributed by atoms with Crippen LogP contribution in [-0.2, 0) is 0 Å². The first-order chi connectivity index (χ1) is 7.15. The van der Waals surface area contributed by atoms with E-state index in [0.29, 0.717) is 0 Å². The Morgan fingerprint density at radius 1 is 0.933 bits per heavy atom. The van der Waals surface area contributed by atoms with E-state index in [1.807, 2.05) is 0 Å². The van der Waals surface area contributed by atoms with E-state index in [0.717, 1.165) is 6.04 Å². The summed E-state index contributed by atoms with van der Waals surface area (Å²) >= 11 is -0.845. The van der Waals surface area contributed by atoms with Gasteiger partial charge in [-0.2, -0.15) is 0 Å². The van der Waals surface area contributed by atoms with Crippen LogP contribution in [0.1, 0.15) is 46.5 Å². The Balaban J connectivity index is 3.84. The Bertz CT molecular complexity index is 130. The zero-order valence-electron chi connectivity index (χ0n) is 11.6. The van der Waals surface area contributed by atoms with Gasteiger partial charge in [0.15, 0.2) is 0 Å². The summed E-state index contributed by atoms with van der Waals surface area (Å²) in [6.45, 7) is 7.04. The van der Waals surface area contributed by atoms with E-state index < -0.39 is 16.2 Å². The fraction of sp³-hybridized carbons (Fsp3) is 1.00. The summed E-state index contributed by atoms with van der Waals surface area (Å²) < 4.78 is 0. The van der Waals surface area contributed by atoms with Crippen LogP contribution in [-0.4, -0.2) is 41.3 Å². The molecule has 0 saturated heterocycles. The molecule has 1 atom stereocenters. The average Bonchev–Trinajstić information content (AvgIpc) is 2.18. The summed E-state index contributed by atoms with van der Waals surface area (Å²) in [5.41, 5.74) is 0. The SMILES string of the molecule is CC[CH2][Ga]([CH2]CC)[CH2]CC(CC)N(C)C. The molecule has 0 rings (SSSR count). The third-order valence-corrected chi connectivity index (χ3v) is 11.8. The van der Waals surface area contributed by atoms with Crippen LogP contribution in [0, 0.1) is 0 Å². The molecular formula is C13H30GaN. The van der Waals surface area contributed by atoms with Crippen molar-refractivity contribution in [1.29, 1.82) is 0 Å². The Kier molecular flexibility index (Phi) is 10.2. The quantitative estimate of drug-likeness (QED) is 0.572. The van der Waals surface area contributed by atoms with E-state index in [2.05, 4.69) is 39.8 Å². The fourth-order valence-corrected chi connectivity index (χ4v) is 9.54. The van der Waals surface area contributed by atoms with Crippen molar-refractivity contribution in [2.75, 3.05) is 14.1 Å². The van der Waals surface area contributed by atoms with Crippen LogP contribution in [0.25, 0.3) is 0 Å². The monoisotopic (exact) mass is 269 g/mol. The van der Waals surface area contributed by atoms with Crippen molar-refractivity contribution in [2.45, 2.75) is 67.4 Å². The molecule has 0 heterocycles. The Morgan fingerprint density at radius 3 is 1.80 bits per heavy atom. The van der Waals surface area contributed by atoms with Crippen molar-refractivity contribution in [2.24, 2.45) is 0 Å². The van der Waals surface area contributed by atoms with E-state index in [1.165, 1.54) is 25.7 Å². The molecule has 90 valence electrons. The van der Waals surface area contributed by atoms with Crippen molar-refractivity contribution >= 4 is 16.2 Å². The molecule has 1 nitrogen and oxygen atoms in total. The molecule has 0 aromatic carbocycles. The first-order valence-electron chi connectivity index (χ1n) is 6.82. The van der Waals surface area contributed by atoms with Crippen molar-refractivity contribution < 1.29 is 0 Å². The van der Waals surface area contributed by atoms with Gasteiger partial charge in [0.1, 0.15) is 0 Å². The van der Waals surface area contributed by atoms with Crippen LogP contribution in [0.2, 0.25) is 14.9 Å². The van der Waals surface area contributed by atoms with Gasteiger partial charge >= 0.3 is 103 Å². The van der Waals surface area contributed by atoms with Gasteiger partial charge in [0.2, 0.25) is 0 Å². The minimum atomic E-state index is -0.845. The van der Waals surface area contributed by atoms with Crippen LogP contribution in [0.3, 0.4) is 0 Å². The van der Waals surface area contributed by atoms with Gasteiger partial charge in [-0.25, -0.2) is 0 Å². The minimum absolute atomic E-state index is 0.840. The van der Waals surface area contributed by atoms with E-state index in [1.54, 1.807) is 14.9 Å². The maximum absolute atomic E-state index is 2.41. The van der Waals surface area contributed by atoms with Gasteiger partial charge < -0.3 is 0 Å². The molecule has 0 amide bonds. The summed E-state index contributed by atoms with van der Waals surface area (Å²) in [7, 11) is 4.46. The molecule has 0 N–H and O–H groups in total. The number of rotatable bonds is 9. The molecule has 0 aliphatic rings. The third-order valence-electron chi connectivity index (χ3n) is 3.50. The van der Waals surface area contributed by atoms with Crippen LogP contribution in [0.15, 0.2) is 0 Å². The van der Waals surface area contributed by atoms with E-state index in [9.17, 15) is 0 Å². The second-order valence-electron chi connectivity index (χ2n) is 5.05. The molecule has 15 heavy (non-hydrogen) atoms. The molecule has 1 unspecified atom stereocenters. The van der Waals surface area contributed by atoms with Gasteiger partial charge in [-0.3, -0.25) is 0 Å². The van der Waals surface area contributed by atoms with Gasteiger partial charge in [-0.15, -0.1) is 0 Å². The van der Waals surface area contributed by atoms with Crippen molar-refractivity contribution in [1.82, 2.24) is 4.90 Å². The van der Waals surface area contributed by atoms with Gasteiger partial charge in [-0.05, 0) is 0 Å². The number of nitrogens with zero attached hydrogens (tertiary/aromatic N) is 1. The molecule has 2 heteroatoms. The standard InChI is InChI=1S/C7H16N.2C3H7.Ga/c1-5-7(6-2)8(3)4;2*1-3-2;/h7H,1,5-6H2,2-4H3;2*1,3H2,2H3;. The first kappa shape index (κ1) is 15.6. The summed E-state index contributed by atoms with van der Waals surface area (Å²) in [6.07, 6.45) is 5.65. The Hall–Kier alpha value is 0.596. The predicted octanol–water partition coefficient (Wildman–Crippen LogP) is 4.03. The molecule has 0 aliphatic heterocycles. The average molecular weight is 270 g/mol. The van der Waals surface area contributed by atoms with E-state index >= 15 is 0 Å². The molecule has 0 aromatic heterocycles. The topological polar surface area (TPSA) is 3.24 Å². The zero-order chi connectivity index (χ0) is 11.7. The summed E-state index contributed by atoms with van der Waals surface area (Å²) in [4.78, 5) is 7.26. The predicted molar refractivity (Wildman–Crippen MR) is 73.1 cm³/mol. The second-order valence-corrected chi connectivity index (χ2v) is 12.3. The Labute approximate surface area is 103 Å². The summed E-state index contributed by atoms with van der Waals surface area (Å²) in [5, 5.41) is 0. The van der Waals surface area contributed by atoms with Gasteiger partial charge in [0, 0.05) is 0 Å². The normalized spacial score (nSPS) is 13.2. The van der Waals surface area contributed by atoms with Gasteiger partial charge in [0.05, 0.1) is 0 Å². The summed E-state index contributed by atoms with van der Waals surface area (Å²) in [5.74, 6) is 0. The van der Waals surface area contributed by atoms with Crippen molar-refractivity contribution in [3.63, 3.8) is 0 Å². The van der Waals surface area contributed by atoms with Gasteiger partial charge in [0.25, 0.3) is 0 Å². The Morgan fingerprint density at radius 2 is 1.47 bits per heavy atom. The van der Waals surface area contributed by atoms with Gasteiger partial charge in [-0.1, -0.05) is 0 Å². The van der Waals surface area contributed by atoms with Crippen LogP contribution >= 0.6 is 0 Å². The summed E-state index contributed by atoms with van der Waals surface area (Å²) in [6, 6.07) is 0.840. The van der Waals surface area contributed by atoms with Crippen molar-refractivity contribution in [3.8, 4) is 0 Å². The zero-order valence-corrected chi connectivity index (χ0v) is 14.0. The molecule has 0 aromatic rings. The second kappa shape index (κ2) is 9.80. The van der Waals surface area contributed by atoms with Crippen LogP contribution < -0.4 is 0 Å². The fourth-order valence-electron chi connectivity index (χ4n) is 2.51. The molecule has 0 bridgehead atoms. The first-order valence-corrected chi connectivity index (χ1v) is 12.0. The third kappa shape index (κ3) is 7.48.